The first-order valence-electron chi connectivity index (χ1n) is 8.09. The zero-order chi connectivity index (χ0) is 18.9. The molecule has 26 heavy (non-hydrogen) atoms. The fourth-order valence-electron chi connectivity index (χ4n) is 2.54. The lowest BCUT2D eigenvalue weighted by Gasteiger charge is -2.15. The van der Waals surface area contributed by atoms with E-state index < -0.39 is 0 Å². The van der Waals surface area contributed by atoms with Crippen LogP contribution in [0.5, 0.6) is 23.0 Å². The van der Waals surface area contributed by atoms with Gasteiger partial charge in [-0.15, -0.1) is 0 Å². The average Bonchev–Trinajstić information content (AvgIpc) is 2.67. The van der Waals surface area contributed by atoms with Crippen LogP contribution < -0.4 is 29.6 Å². The van der Waals surface area contributed by atoms with Crippen molar-refractivity contribution < 1.29 is 18.9 Å². The minimum Gasteiger partial charge on any atom is -0.497 e. The molecule has 2 rings (SSSR count). The van der Waals surface area contributed by atoms with Crippen molar-refractivity contribution in [1.29, 1.82) is 0 Å². The molecule has 0 unspecified atom stereocenters. The molecule has 0 aliphatic carbocycles. The van der Waals surface area contributed by atoms with Crippen LogP contribution >= 0.6 is 12.2 Å². The number of rotatable bonds is 8. The van der Waals surface area contributed by atoms with Gasteiger partial charge in [-0.2, -0.15) is 0 Å². The molecule has 2 aromatic rings. The highest BCUT2D eigenvalue weighted by atomic mass is 32.1. The minimum absolute atomic E-state index is 0.499. The fourth-order valence-corrected chi connectivity index (χ4v) is 2.75. The Labute approximate surface area is 159 Å². The van der Waals surface area contributed by atoms with Crippen LogP contribution in [0.1, 0.15) is 5.56 Å². The van der Waals surface area contributed by atoms with Crippen LogP contribution in [0.2, 0.25) is 0 Å². The summed E-state index contributed by atoms with van der Waals surface area (Å²) in [4.78, 5) is 0. The fraction of sp³-hybridized carbons (Fsp3) is 0.316. The van der Waals surface area contributed by atoms with Crippen LogP contribution in [0, 0.1) is 0 Å². The molecule has 140 valence electrons. The van der Waals surface area contributed by atoms with Gasteiger partial charge in [-0.05, 0) is 42.4 Å². The van der Waals surface area contributed by atoms with Gasteiger partial charge in [0.1, 0.15) is 11.5 Å². The Morgan fingerprint density at radius 2 is 1.69 bits per heavy atom. The molecule has 0 saturated carbocycles. The number of hydrogen-bond donors (Lipinski definition) is 2. The summed E-state index contributed by atoms with van der Waals surface area (Å²) >= 11 is 5.37. The summed E-state index contributed by atoms with van der Waals surface area (Å²) in [7, 11) is 6.48. The van der Waals surface area contributed by atoms with E-state index >= 15 is 0 Å². The molecule has 0 heterocycles. The highest BCUT2D eigenvalue weighted by Crippen LogP contribution is 2.31. The number of hydrogen-bond acceptors (Lipinski definition) is 5. The van der Waals surface area contributed by atoms with Gasteiger partial charge in [0.05, 0.1) is 34.1 Å². The molecule has 0 aliphatic rings. The Morgan fingerprint density at radius 1 is 0.923 bits per heavy atom. The minimum atomic E-state index is 0.499. The lowest BCUT2D eigenvalue weighted by Crippen LogP contribution is -2.30. The van der Waals surface area contributed by atoms with E-state index in [1.165, 1.54) is 0 Å². The molecular weight excluding hydrogens is 352 g/mol. The van der Waals surface area contributed by atoms with E-state index in [4.69, 9.17) is 31.2 Å². The van der Waals surface area contributed by atoms with E-state index in [9.17, 15) is 0 Å². The molecule has 0 bridgehead atoms. The van der Waals surface area contributed by atoms with Crippen molar-refractivity contribution in [2.45, 2.75) is 6.42 Å². The smallest absolute Gasteiger partial charge is 0.170 e. The number of nitrogens with one attached hydrogen (secondary N) is 2. The average molecular weight is 376 g/mol. The van der Waals surface area contributed by atoms with E-state index in [1.54, 1.807) is 28.4 Å². The third-order valence-corrected chi connectivity index (χ3v) is 4.07. The summed E-state index contributed by atoms with van der Waals surface area (Å²) in [5, 5.41) is 6.82. The van der Waals surface area contributed by atoms with Crippen molar-refractivity contribution in [2.24, 2.45) is 0 Å². The summed E-state index contributed by atoms with van der Waals surface area (Å²) in [5.41, 5.74) is 1.78. The van der Waals surface area contributed by atoms with Gasteiger partial charge in [-0.25, -0.2) is 0 Å². The van der Waals surface area contributed by atoms with E-state index in [2.05, 4.69) is 10.6 Å². The number of para-hydroxylation sites is 1. The monoisotopic (exact) mass is 376 g/mol. The van der Waals surface area contributed by atoms with Gasteiger partial charge in [0, 0.05) is 12.6 Å². The van der Waals surface area contributed by atoms with Crippen molar-refractivity contribution >= 4 is 23.0 Å². The Morgan fingerprint density at radius 3 is 2.35 bits per heavy atom. The SMILES string of the molecule is COc1ccc(OC)c(NC(=S)NCCc2cccc(OC)c2OC)c1. The second kappa shape index (κ2) is 9.72. The highest BCUT2D eigenvalue weighted by Gasteiger charge is 2.10. The number of methoxy groups -OCH3 is 4. The molecule has 0 aliphatic heterocycles. The molecule has 7 heteroatoms. The van der Waals surface area contributed by atoms with Gasteiger partial charge in [0.2, 0.25) is 0 Å². The highest BCUT2D eigenvalue weighted by molar-refractivity contribution is 7.80. The van der Waals surface area contributed by atoms with E-state index in [0.717, 1.165) is 29.2 Å². The Kier molecular flexibility index (Phi) is 7.35. The van der Waals surface area contributed by atoms with Gasteiger partial charge in [-0.3, -0.25) is 0 Å². The molecular formula is C19H24N2O4S. The molecule has 0 aromatic heterocycles. The molecule has 0 fully saturated rings. The van der Waals surface area contributed by atoms with Crippen molar-refractivity contribution in [1.82, 2.24) is 5.32 Å². The summed E-state index contributed by atoms with van der Waals surface area (Å²) in [6.45, 7) is 0.641. The standard InChI is InChI=1S/C19H24N2O4S/c1-22-14-8-9-16(23-2)15(12-14)21-19(26)20-11-10-13-6-5-7-17(24-3)18(13)25-4/h5-9,12H,10-11H2,1-4H3,(H2,20,21,26). The number of ether oxygens (including phenoxy) is 4. The molecule has 0 saturated heterocycles. The maximum absolute atomic E-state index is 5.44. The second-order valence-electron chi connectivity index (χ2n) is 5.35. The lowest BCUT2D eigenvalue weighted by molar-refractivity contribution is 0.351. The third kappa shape index (κ3) is 4.92. The third-order valence-electron chi connectivity index (χ3n) is 3.82. The van der Waals surface area contributed by atoms with Crippen molar-refractivity contribution in [3.05, 3.63) is 42.0 Å². The molecule has 0 radical (unpaired) electrons. The maximum Gasteiger partial charge on any atom is 0.170 e. The quantitative estimate of drug-likeness (QED) is 0.686. The molecule has 0 spiro atoms. The van der Waals surface area contributed by atoms with Crippen LogP contribution in [0.4, 0.5) is 5.69 Å². The Bertz CT molecular complexity index is 752. The zero-order valence-electron chi connectivity index (χ0n) is 15.4. The zero-order valence-corrected chi connectivity index (χ0v) is 16.2. The predicted molar refractivity (Wildman–Crippen MR) is 107 cm³/mol. The molecule has 2 N–H and O–H groups in total. The van der Waals surface area contributed by atoms with Crippen LogP contribution in [-0.2, 0) is 6.42 Å². The van der Waals surface area contributed by atoms with Gasteiger partial charge in [-0.1, -0.05) is 12.1 Å². The van der Waals surface area contributed by atoms with E-state index in [0.29, 0.717) is 23.2 Å². The predicted octanol–water partition coefficient (Wildman–Crippen LogP) is 3.25. The first-order valence-corrected chi connectivity index (χ1v) is 8.50. The molecule has 2 aromatic carbocycles. The largest absolute Gasteiger partial charge is 0.497 e. The first kappa shape index (κ1) is 19.7. The van der Waals surface area contributed by atoms with E-state index in [-0.39, 0.29) is 0 Å². The van der Waals surface area contributed by atoms with Crippen LogP contribution in [0.3, 0.4) is 0 Å². The normalized spacial score (nSPS) is 10.0. The molecule has 0 atom stereocenters. The number of thiocarbonyl (C=S) groups is 1. The van der Waals surface area contributed by atoms with Gasteiger partial charge < -0.3 is 29.6 Å². The second-order valence-corrected chi connectivity index (χ2v) is 5.76. The van der Waals surface area contributed by atoms with Gasteiger partial charge in [0.15, 0.2) is 16.6 Å². The van der Waals surface area contributed by atoms with Crippen LogP contribution in [0.25, 0.3) is 0 Å². The number of benzene rings is 2. The summed E-state index contributed by atoms with van der Waals surface area (Å²) in [6.07, 6.45) is 0.734. The van der Waals surface area contributed by atoms with Gasteiger partial charge >= 0.3 is 0 Å². The summed E-state index contributed by atoms with van der Waals surface area (Å²) in [5.74, 6) is 2.86. The van der Waals surface area contributed by atoms with Crippen molar-refractivity contribution in [2.75, 3.05) is 40.3 Å². The Balaban J connectivity index is 1.96. The summed E-state index contributed by atoms with van der Waals surface area (Å²) < 4.78 is 21.3. The van der Waals surface area contributed by atoms with Crippen LogP contribution in [-0.4, -0.2) is 40.1 Å². The van der Waals surface area contributed by atoms with Crippen molar-refractivity contribution in [3.63, 3.8) is 0 Å². The topological polar surface area (TPSA) is 61.0 Å². The number of anilines is 1. The molecule has 6 nitrogen and oxygen atoms in total. The van der Waals surface area contributed by atoms with Crippen molar-refractivity contribution in [3.8, 4) is 23.0 Å². The summed E-state index contributed by atoms with van der Waals surface area (Å²) in [6, 6.07) is 11.3. The van der Waals surface area contributed by atoms with Crippen LogP contribution in [0.15, 0.2) is 36.4 Å². The maximum atomic E-state index is 5.44. The Hall–Kier alpha value is -2.67. The molecule has 0 amide bonds. The first-order chi connectivity index (χ1) is 12.6. The van der Waals surface area contributed by atoms with E-state index in [1.807, 2.05) is 36.4 Å². The van der Waals surface area contributed by atoms with Gasteiger partial charge in [0.25, 0.3) is 0 Å². The lowest BCUT2D eigenvalue weighted by atomic mass is 10.1.